The Morgan fingerprint density at radius 1 is 1.40 bits per heavy atom. The summed E-state index contributed by atoms with van der Waals surface area (Å²) in [6.45, 7) is 1.37. The first-order chi connectivity index (χ1) is 6.93. The van der Waals surface area contributed by atoms with Crippen LogP contribution in [0.15, 0.2) is 28.0 Å². The van der Waals surface area contributed by atoms with Crippen LogP contribution in [0.25, 0.3) is 6.08 Å². The minimum Gasteiger partial charge on any atom is -0.388 e. The third kappa shape index (κ3) is 1.48. The Hall–Kier alpha value is -1.20. The molecule has 1 aromatic rings. The largest absolute Gasteiger partial charge is 0.388 e. The van der Waals surface area contributed by atoms with Crippen molar-refractivity contribution in [3.8, 4) is 0 Å². The summed E-state index contributed by atoms with van der Waals surface area (Å²) in [4.78, 5) is -0.0251. The predicted molar refractivity (Wildman–Crippen MR) is 53.2 cm³/mol. The molecule has 0 spiro atoms. The second kappa shape index (κ2) is 3.15. The van der Waals surface area contributed by atoms with Gasteiger partial charge in [0.05, 0.1) is 15.9 Å². The molecule has 3 nitrogen and oxygen atoms in total. The summed E-state index contributed by atoms with van der Waals surface area (Å²) in [7, 11) is -3.62. The van der Waals surface area contributed by atoms with Crippen LogP contribution >= 0.6 is 0 Å². The number of hydrogen-bond acceptors (Lipinski definition) is 3. The summed E-state index contributed by atoms with van der Waals surface area (Å²) < 4.78 is 36.4. The lowest BCUT2D eigenvalue weighted by Crippen LogP contribution is -2.11. The Bertz CT molecular complexity index is 544. The first-order valence-electron chi connectivity index (χ1n) is 4.37. The van der Waals surface area contributed by atoms with Gasteiger partial charge in [-0.3, -0.25) is 0 Å². The standard InChI is InChI=1S/C10H9FO3S/c1-6(12)10-5-7-4-8(11)2-3-9(7)15(10,13)14/h2-6,12H,1H3. The number of rotatable bonds is 1. The van der Waals surface area contributed by atoms with Gasteiger partial charge in [0.25, 0.3) is 0 Å². The molecule has 0 saturated carbocycles. The van der Waals surface area contributed by atoms with Crippen LogP contribution in [0.2, 0.25) is 0 Å². The quantitative estimate of drug-likeness (QED) is 0.738. The number of hydrogen-bond donors (Lipinski definition) is 1. The number of aliphatic hydroxyl groups excluding tert-OH is 1. The van der Waals surface area contributed by atoms with Gasteiger partial charge in [0.15, 0.2) is 0 Å². The zero-order valence-corrected chi connectivity index (χ0v) is 8.75. The highest BCUT2D eigenvalue weighted by atomic mass is 32.2. The van der Waals surface area contributed by atoms with Gasteiger partial charge in [-0.2, -0.15) is 0 Å². The maximum atomic E-state index is 12.9. The second-order valence-corrected chi connectivity index (χ2v) is 5.33. The van der Waals surface area contributed by atoms with Gasteiger partial charge in [-0.25, -0.2) is 12.8 Å². The van der Waals surface area contributed by atoms with Crippen molar-refractivity contribution in [3.05, 3.63) is 34.5 Å². The Labute approximate surface area is 86.8 Å². The van der Waals surface area contributed by atoms with Crippen LogP contribution in [0.5, 0.6) is 0 Å². The van der Waals surface area contributed by atoms with Crippen LogP contribution in [0.1, 0.15) is 12.5 Å². The highest BCUT2D eigenvalue weighted by molar-refractivity contribution is 7.96. The molecule has 1 aromatic carbocycles. The molecule has 2 rings (SSSR count). The Morgan fingerprint density at radius 2 is 2.07 bits per heavy atom. The van der Waals surface area contributed by atoms with E-state index in [2.05, 4.69) is 0 Å². The number of benzene rings is 1. The highest BCUT2D eigenvalue weighted by Gasteiger charge is 2.32. The minimum atomic E-state index is -3.62. The fourth-order valence-corrected chi connectivity index (χ4v) is 3.24. The third-order valence-electron chi connectivity index (χ3n) is 2.28. The fourth-order valence-electron chi connectivity index (χ4n) is 1.58. The summed E-state index contributed by atoms with van der Waals surface area (Å²) >= 11 is 0. The van der Waals surface area contributed by atoms with Crippen molar-refractivity contribution in [1.82, 2.24) is 0 Å². The lowest BCUT2D eigenvalue weighted by atomic mass is 10.2. The van der Waals surface area contributed by atoms with Crippen LogP contribution in [0.3, 0.4) is 0 Å². The molecule has 0 fully saturated rings. The lowest BCUT2D eigenvalue weighted by molar-refractivity contribution is 0.240. The third-order valence-corrected chi connectivity index (χ3v) is 4.31. The molecule has 0 amide bonds. The normalized spacial score (nSPS) is 19.5. The van der Waals surface area contributed by atoms with Crippen molar-refractivity contribution in [2.45, 2.75) is 17.9 Å². The average Bonchev–Trinajstić information content (AvgIpc) is 2.37. The molecular weight excluding hydrogens is 219 g/mol. The first kappa shape index (κ1) is 10.3. The Morgan fingerprint density at radius 3 is 2.67 bits per heavy atom. The first-order valence-corrected chi connectivity index (χ1v) is 5.85. The van der Waals surface area contributed by atoms with Gasteiger partial charge in [-0.15, -0.1) is 0 Å². The van der Waals surface area contributed by atoms with Crippen molar-refractivity contribution in [1.29, 1.82) is 0 Å². The lowest BCUT2D eigenvalue weighted by Gasteiger charge is -2.05. The van der Waals surface area contributed by atoms with Crippen molar-refractivity contribution in [2.75, 3.05) is 0 Å². The van der Waals surface area contributed by atoms with Crippen LogP contribution in [-0.2, 0) is 9.84 Å². The van der Waals surface area contributed by atoms with E-state index in [0.29, 0.717) is 5.56 Å². The minimum absolute atomic E-state index is 0.0554. The molecule has 0 aliphatic carbocycles. The number of sulfone groups is 1. The molecule has 1 aliphatic heterocycles. The smallest absolute Gasteiger partial charge is 0.205 e. The van der Waals surface area contributed by atoms with Gasteiger partial charge in [0, 0.05) is 0 Å². The molecule has 0 radical (unpaired) electrons. The highest BCUT2D eigenvalue weighted by Crippen LogP contribution is 2.34. The summed E-state index contributed by atoms with van der Waals surface area (Å²) in [5.74, 6) is -0.493. The van der Waals surface area contributed by atoms with Gasteiger partial charge in [0.2, 0.25) is 9.84 Å². The van der Waals surface area contributed by atoms with E-state index < -0.39 is 21.8 Å². The molecule has 1 N–H and O–H groups in total. The molecule has 0 bridgehead atoms. The van der Waals surface area contributed by atoms with Crippen molar-refractivity contribution in [2.24, 2.45) is 0 Å². The van der Waals surface area contributed by atoms with Crippen molar-refractivity contribution >= 4 is 15.9 Å². The van der Waals surface area contributed by atoms with Crippen molar-refractivity contribution in [3.63, 3.8) is 0 Å². The van der Waals surface area contributed by atoms with Crippen LogP contribution < -0.4 is 0 Å². The number of aliphatic hydroxyl groups is 1. The van der Waals surface area contributed by atoms with E-state index in [0.717, 1.165) is 12.1 Å². The van der Waals surface area contributed by atoms with E-state index in [1.807, 2.05) is 0 Å². The van der Waals surface area contributed by atoms with E-state index in [4.69, 9.17) is 0 Å². The van der Waals surface area contributed by atoms with Gasteiger partial charge in [0.1, 0.15) is 5.82 Å². The molecule has 1 atom stereocenters. The molecule has 1 unspecified atom stereocenters. The van der Waals surface area contributed by atoms with Crippen molar-refractivity contribution < 1.29 is 17.9 Å². The van der Waals surface area contributed by atoms with E-state index >= 15 is 0 Å². The molecule has 0 saturated heterocycles. The van der Waals surface area contributed by atoms with E-state index in [-0.39, 0.29) is 9.80 Å². The topological polar surface area (TPSA) is 54.4 Å². The summed E-state index contributed by atoms with van der Waals surface area (Å²) in [6, 6.07) is 3.45. The monoisotopic (exact) mass is 228 g/mol. The zero-order valence-electron chi connectivity index (χ0n) is 7.94. The van der Waals surface area contributed by atoms with E-state index in [1.54, 1.807) is 0 Å². The van der Waals surface area contributed by atoms with Crippen LogP contribution in [-0.4, -0.2) is 19.6 Å². The molecule has 80 valence electrons. The molecular formula is C10H9FO3S. The molecule has 5 heteroatoms. The zero-order chi connectivity index (χ0) is 11.2. The van der Waals surface area contributed by atoms with Gasteiger partial charge >= 0.3 is 0 Å². The fraction of sp³-hybridized carbons (Fsp3) is 0.200. The maximum absolute atomic E-state index is 12.9. The number of fused-ring (bicyclic) bond motifs is 1. The maximum Gasteiger partial charge on any atom is 0.205 e. The summed E-state index contributed by atoms with van der Waals surface area (Å²) in [5.41, 5.74) is 0.297. The SMILES string of the molecule is CC(O)C1=Cc2cc(F)ccc2S1(=O)=O. The van der Waals surface area contributed by atoms with E-state index in [1.165, 1.54) is 19.1 Å². The van der Waals surface area contributed by atoms with Crippen LogP contribution in [0.4, 0.5) is 4.39 Å². The van der Waals surface area contributed by atoms with Gasteiger partial charge in [-0.1, -0.05) is 0 Å². The van der Waals surface area contributed by atoms with Crippen LogP contribution in [0, 0.1) is 5.82 Å². The summed E-state index contributed by atoms with van der Waals surface area (Å²) in [5, 5.41) is 9.29. The summed E-state index contributed by atoms with van der Waals surface area (Å²) in [6.07, 6.45) is 0.226. The molecule has 0 aromatic heterocycles. The average molecular weight is 228 g/mol. The molecule has 1 heterocycles. The molecule has 15 heavy (non-hydrogen) atoms. The Balaban J connectivity index is 2.69. The van der Waals surface area contributed by atoms with E-state index in [9.17, 15) is 17.9 Å². The Kier molecular flexibility index (Phi) is 2.17. The van der Waals surface area contributed by atoms with Gasteiger partial charge in [-0.05, 0) is 36.8 Å². The predicted octanol–water partition coefficient (Wildman–Crippen LogP) is 1.33. The molecule has 1 aliphatic rings. The number of halogens is 1. The second-order valence-electron chi connectivity index (χ2n) is 3.41. The van der Waals surface area contributed by atoms with Gasteiger partial charge < -0.3 is 5.11 Å².